The summed E-state index contributed by atoms with van der Waals surface area (Å²) in [6, 6.07) is 13.6. The lowest BCUT2D eigenvalue weighted by atomic mass is 10.1. The molecule has 0 aliphatic heterocycles. The Morgan fingerprint density at radius 2 is 1.82 bits per heavy atom. The van der Waals surface area contributed by atoms with Crippen LogP contribution in [-0.4, -0.2) is 21.4 Å². The molecular formula is C20H19ClN2O3S2. The number of nitrogens with zero attached hydrogens (tertiary/aromatic N) is 1. The molecule has 2 aromatic carbocycles. The average molecular weight is 435 g/mol. The maximum atomic E-state index is 13.2. The molecule has 3 rings (SSSR count). The van der Waals surface area contributed by atoms with Crippen LogP contribution in [0.2, 0.25) is 5.02 Å². The zero-order valence-electron chi connectivity index (χ0n) is 15.6. The van der Waals surface area contributed by atoms with Crippen LogP contribution in [0.5, 0.6) is 0 Å². The number of carbonyl (C=O) groups excluding carboxylic acids is 1. The number of halogens is 1. The first-order valence-corrected chi connectivity index (χ1v) is 11.1. The fraction of sp³-hybridized carbons (Fsp3) is 0.150. The molecule has 3 aromatic rings. The van der Waals surface area contributed by atoms with Gasteiger partial charge in [0, 0.05) is 17.8 Å². The Labute approximate surface area is 173 Å². The van der Waals surface area contributed by atoms with E-state index in [1.807, 2.05) is 26.0 Å². The highest BCUT2D eigenvalue weighted by Gasteiger charge is 2.28. The normalized spacial score (nSPS) is 11.3. The minimum Gasteiger partial charge on any atom is -0.321 e. The summed E-state index contributed by atoms with van der Waals surface area (Å²) >= 11 is 7.01. The molecular weight excluding hydrogens is 416 g/mol. The molecule has 0 bridgehead atoms. The fourth-order valence-corrected chi connectivity index (χ4v) is 5.30. The van der Waals surface area contributed by atoms with Gasteiger partial charge >= 0.3 is 0 Å². The first-order chi connectivity index (χ1) is 13.2. The van der Waals surface area contributed by atoms with E-state index in [9.17, 15) is 13.2 Å². The smallest absolute Gasteiger partial charge is 0.267 e. The van der Waals surface area contributed by atoms with Gasteiger partial charge in [-0.25, -0.2) is 8.42 Å². The summed E-state index contributed by atoms with van der Waals surface area (Å²) in [5.41, 5.74) is 3.10. The maximum absolute atomic E-state index is 13.2. The quantitative estimate of drug-likeness (QED) is 0.607. The Hall–Kier alpha value is -2.35. The van der Waals surface area contributed by atoms with E-state index in [1.54, 1.807) is 35.7 Å². The Bertz CT molecular complexity index is 1140. The zero-order chi connectivity index (χ0) is 20.5. The van der Waals surface area contributed by atoms with Gasteiger partial charge in [-0.2, -0.15) is 0 Å². The number of amides is 1. The molecule has 0 aliphatic carbocycles. The van der Waals surface area contributed by atoms with Gasteiger partial charge < -0.3 is 5.32 Å². The Kier molecular flexibility index (Phi) is 5.79. The van der Waals surface area contributed by atoms with E-state index in [0.717, 1.165) is 22.5 Å². The molecule has 8 heteroatoms. The van der Waals surface area contributed by atoms with Crippen LogP contribution < -0.4 is 9.62 Å². The van der Waals surface area contributed by atoms with E-state index < -0.39 is 15.9 Å². The first kappa shape index (κ1) is 20.4. The lowest BCUT2D eigenvalue weighted by Gasteiger charge is -2.20. The van der Waals surface area contributed by atoms with Crippen molar-refractivity contribution >= 4 is 50.2 Å². The molecule has 5 nitrogen and oxygen atoms in total. The van der Waals surface area contributed by atoms with E-state index in [0.29, 0.717) is 16.4 Å². The molecule has 0 spiro atoms. The summed E-state index contributed by atoms with van der Waals surface area (Å²) in [5.74, 6) is -0.496. The predicted octanol–water partition coefficient (Wildman–Crippen LogP) is 5.10. The van der Waals surface area contributed by atoms with E-state index in [2.05, 4.69) is 5.32 Å². The zero-order valence-corrected chi connectivity index (χ0v) is 18.0. The van der Waals surface area contributed by atoms with Crippen molar-refractivity contribution in [2.75, 3.05) is 16.7 Å². The third kappa shape index (κ3) is 4.06. The van der Waals surface area contributed by atoms with Gasteiger partial charge in [0.1, 0.15) is 9.77 Å². The molecule has 1 aromatic heterocycles. The predicted molar refractivity (Wildman–Crippen MR) is 115 cm³/mol. The highest BCUT2D eigenvalue weighted by molar-refractivity contribution is 7.93. The third-order valence-corrected chi connectivity index (χ3v) is 7.52. The van der Waals surface area contributed by atoms with Crippen molar-refractivity contribution in [1.82, 2.24) is 0 Å². The lowest BCUT2D eigenvalue weighted by molar-refractivity contribution is 0.102. The lowest BCUT2D eigenvalue weighted by Crippen LogP contribution is -2.28. The number of hydrogen-bond acceptors (Lipinski definition) is 4. The topological polar surface area (TPSA) is 66.5 Å². The summed E-state index contributed by atoms with van der Waals surface area (Å²) in [4.78, 5) is 12.8. The van der Waals surface area contributed by atoms with Crippen molar-refractivity contribution in [3.63, 3.8) is 0 Å². The van der Waals surface area contributed by atoms with Crippen LogP contribution in [0.1, 0.15) is 20.8 Å². The Morgan fingerprint density at radius 1 is 1.07 bits per heavy atom. The van der Waals surface area contributed by atoms with Gasteiger partial charge in [-0.15, -0.1) is 11.3 Å². The third-order valence-electron chi connectivity index (χ3n) is 4.41. The number of benzene rings is 2. The molecule has 146 valence electrons. The van der Waals surface area contributed by atoms with Crippen molar-refractivity contribution in [1.29, 1.82) is 0 Å². The molecule has 0 atom stereocenters. The van der Waals surface area contributed by atoms with Crippen LogP contribution in [0.3, 0.4) is 0 Å². The molecule has 0 saturated carbocycles. The highest BCUT2D eigenvalue weighted by Crippen LogP contribution is 2.29. The molecule has 1 amide bonds. The minimum atomic E-state index is -3.90. The van der Waals surface area contributed by atoms with Crippen LogP contribution in [0.4, 0.5) is 11.4 Å². The van der Waals surface area contributed by atoms with Crippen molar-refractivity contribution in [2.24, 2.45) is 0 Å². The van der Waals surface area contributed by atoms with Crippen LogP contribution >= 0.6 is 22.9 Å². The summed E-state index contributed by atoms with van der Waals surface area (Å²) < 4.78 is 27.5. The Balaban J connectivity index is 1.92. The van der Waals surface area contributed by atoms with Gasteiger partial charge in [0.15, 0.2) is 0 Å². The molecule has 0 aliphatic rings. The number of rotatable bonds is 5. The monoisotopic (exact) mass is 434 g/mol. The van der Waals surface area contributed by atoms with Gasteiger partial charge in [0.25, 0.3) is 15.9 Å². The number of thiophene rings is 1. The van der Waals surface area contributed by atoms with Crippen LogP contribution in [0, 0.1) is 13.8 Å². The second-order valence-electron chi connectivity index (χ2n) is 6.32. The van der Waals surface area contributed by atoms with Crippen molar-refractivity contribution in [3.8, 4) is 0 Å². The highest BCUT2D eigenvalue weighted by atomic mass is 35.5. The first-order valence-electron chi connectivity index (χ1n) is 8.41. The maximum Gasteiger partial charge on any atom is 0.267 e. The number of anilines is 2. The van der Waals surface area contributed by atoms with Gasteiger partial charge in [0.05, 0.1) is 5.69 Å². The summed E-state index contributed by atoms with van der Waals surface area (Å²) in [6.45, 7) is 3.89. The van der Waals surface area contributed by atoms with Crippen molar-refractivity contribution in [3.05, 3.63) is 74.9 Å². The molecule has 28 heavy (non-hydrogen) atoms. The summed E-state index contributed by atoms with van der Waals surface area (Å²) in [6.07, 6.45) is 0. The molecule has 0 unspecified atom stereocenters. The van der Waals surface area contributed by atoms with E-state index in [-0.39, 0.29) is 9.77 Å². The standard InChI is InChI=1S/C20H19ClN2O3S2/c1-13-7-8-17(11-14(13)2)23(3)28(25,26)18-9-10-27-19(18)20(24)22-16-6-4-5-15(21)12-16/h4-12H,1-3H3,(H,22,24). The SMILES string of the molecule is Cc1ccc(N(C)S(=O)(=O)c2ccsc2C(=O)Nc2cccc(Cl)c2)cc1C. The van der Waals surface area contributed by atoms with Crippen LogP contribution in [0.15, 0.2) is 58.8 Å². The average Bonchev–Trinajstić information content (AvgIpc) is 3.14. The number of nitrogens with one attached hydrogen (secondary N) is 1. The van der Waals surface area contributed by atoms with Gasteiger partial charge in [0.2, 0.25) is 0 Å². The second-order valence-corrected chi connectivity index (χ2v) is 9.61. The molecule has 1 heterocycles. The molecule has 0 fully saturated rings. The second kappa shape index (κ2) is 7.95. The van der Waals surface area contributed by atoms with Crippen LogP contribution in [-0.2, 0) is 10.0 Å². The van der Waals surface area contributed by atoms with Gasteiger partial charge in [-0.05, 0) is 66.8 Å². The fourth-order valence-electron chi connectivity index (χ4n) is 2.63. The van der Waals surface area contributed by atoms with E-state index in [4.69, 9.17) is 11.6 Å². The number of aryl methyl sites for hydroxylation is 2. The number of carbonyl (C=O) groups is 1. The van der Waals surface area contributed by atoms with E-state index >= 15 is 0 Å². The van der Waals surface area contributed by atoms with E-state index in [1.165, 1.54) is 17.4 Å². The largest absolute Gasteiger partial charge is 0.321 e. The van der Waals surface area contributed by atoms with Crippen LogP contribution in [0.25, 0.3) is 0 Å². The Morgan fingerprint density at radius 3 is 2.50 bits per heavy atom. The van der Waals surface area contributed by atoms with Crippen molar-refractivity contribution in [2.45, 2.75) is 18.7 Å². The summed E-state index contributed by atoms with van der Waals surface area (Å²) in [7, 11) is -2.42. The minimum absolute atomic E-state index is 0.0299. The molecule has 0 saturated heterocycles. The van der Waals surface area contributed by atoms with Crippen molar-refractivity contribution < 1.29 is 13.2 Å². The van der Waals surface area contributed by atoms with Gasteiger partial charge in [-0.1, -0.05) is 23.7 Å². The molecule has 1 N–H and O–H groups in total. The van der Waals surface area contributed by atoms with Gasteiger partial charge in [-0.3, -0.25) is 9.10 Å². The number of sulfonamides is 1. The number of hydrogen-bond donors (Lipinski definition) is 1. The summed E-state index contributed by atoms with van der Waals surface area (Å²) in [5, 5.41) is 4.77. The molecule has 0 radical (unpaired) electrons.